The second kappa shape index (κ2) is 6.94. The van der Waals surface area contributed by atoms with Gasteiger partial charge in [0.15, 0.2) is 0 Å². The van der Waals surface area contributed by atoms with E-state index in [1.54, 1.807) is 6.33 Å². The molecule has 0 bridgehead atoms. The van der Waals surface area contributed by atoms with Gasteiger partial charge in [-0.1, -0.05) is 0 Å². The van der Waals surface area contributed by atoms with Crippen LogP contribution < -0.4 is 9.84 Å². The highest BCUT2D eigenvalue weighted by molar-refractivity contribution is 5.85. The molecule has 0 unspecified atom stereocenters. The number of fused-ring (bicyclic) bond motifs is 1. The van der Waals surface area contributed by atoms with Gasteiger partial charge in [0.1, 0.15) is 18.5 Å². The summed E-state index contributed by atoms with van der Waals surface area (Å²) in [5.74, 6) is -0.741. The average Bonchev–Trinajstić information content (AvgIpc) is 2.95. The van der Waals surface area contributed by atoms with E-state index in [-0.39, 0.29) is 12.2 Å². The van der Waals surface area contributed by atoms with E-state index in [1.165, 1.54) is 35.4 Å². The number of imidazole rings is 1. The number of hydrogen-bond donors (Lipinski definition) is 1. The van der Waals surface area contributed by atoms with E-state index < -0.39 is 12.1 Å². The molecule has 25 heavy (non-hydrogen) atoms. The van der Waals surface area contributed by atoms with Crippen LogP contribution in [-0.4, -0.2) is 33.3 Å². The van der Waals surface area contributed by atoms with Crippen LogP contribution in [0.4, 0.5) is 0 Å². The number of carboxylic acid groups (broad SMARTS) is 1. The number of rotatable bonds is 6. The van der Waals surface area contributed by atoms with Gasteiger partial charge in [0, 0.05) is 0 Å². The number of ether oxygens (including phenoxy) is 1. The van der Waals surface area contributed by atoms with Crippen LogP contribution in [-0.2, 0) is 6.54 Å². The van der Waals surface area contributed by atoms with E-state index >= 15 is 0 Å². The summed E-state index contributed by atoms with van der Waals surface area (Å²) in [5, 5.41) is 20.9. The second-order valence-electron chi connectivity index (χ2n) is 6.10. The van der Waals surface area contributed by atoms with Crippen molar-refractivity contribution in [1.29, 1.82) is 0 Å². The Morgan fingerprint density at radius 3 is 2.60 bits per heavy atom. The zero-order valence-corrected chi connectivity index (χ0v) is 14.1. The Morgan fingerprint density at radius 2 is 1.92 bits per heavy atom. The van der Waals surface area contributed by atoms with E-state index in [0.717, 1.165) is 11.0 Å². The molecule has 0 saturated heterocycles. The molecule has 2 aromatic carbocycles. The Morgan fingerprint density at radius 1 is 1.24 bits per heavy atom. The molecule has 0 aliphatic heterocycles. The molecule has 0 saturated carbocycles. The van der Waals surface area contributed by atoms with Gasteiger partial charge in [0.2, 0.25) is 0 Å². The molecule has 3 aromatic rings. The molecular weight excluding hydrogens is 320 g/mol. The van der Waals surface area contributed by atoms with E-state index in [0.29, 0.717) is 12.3 Å². The van der Waals surface area contributed by atoms with E-state index in [1.807, 2.05) is 24.5 Å². The second-order valence-corrected chi connectivity index (χ2v) is 6.10. The quantitative estimate of drug-likeness (QED) is 0.734. The van der Waals surface area contributed by atoms with Crippen LogP contribution >= 0.6 is 0 Å². The third-order valence-electron chi connectivity index (χ3n) is 4.18. The smallest absolute Gasteiger partial charge is 0.119 e. The van der Waals surface area contributed by atoms with E-state index in [9.17, 15) is 15.0 Å². The maximum absolute atomic E-state index is 10.7. The first-order valence-corrected chi connectivity index (χ1v) is 7.98. The van der Waals surface area contributed by atoms with E-state index in [2.05, 4.69) is 11.1 Å². The normalized spacial score (nSPS) is 12.3. The summed E-state index contributed by atoms with van der Waals surface area (Å²) in [6.45, 7) is 4.54. The number of carbonyl (C=O) groups is 1. The summed E-state index contributed by atoms with van der Waals surface area (Å²) in [6.07, 6.45) is 0.987. The fourth-order valence-electron chi connectivity index (χ4n) is 2.62. The highest BCUT2D eigenvalue weighted by atomic mass is 16.5. The molecule has 1 aromatic heterocycles. The molecule has 3 rings (SSSR count). The summed E-state index contributed by atoms with van der Waals surface area (Å²) >= 11 is 0. The van der Waals surface area contributed by atoms with E-state index in [4.69, 9.17) is 4.74 Å². The van der Waals surface area contributed by atoms with Crippen LogP contribution in [0.3, 0.4) is 0 Å². The van der Waals surface area contributed by atoms with Crippen molar-refractivity contribution in [3.8, 4) is 5.75 Å². The van der Waals surface area contributed by atoms with Gasteiger partial charge in [-0.15, -0.1) is 0 Å². The number of aliphatic hydroxyl groups excluding tert-OH is 1. The van der Waals surface area contributed by atoms with Crippen LogP contribution in [0.5, 0.6) is 5.75 Å². The van der Waals surface area contributed by atoms with Gasteiger partial charge >= 0.3 is 0 Å². The Labute approximate surface area is 145 Å². The SMILES string of the molecule is Cc1cc2ncn(C[C@@H](O)COc3ccc(C(=O)[O-])cc3)c2cc1C. The van der Waals surface area contributed by atoms with Crippen LogP contribution in [0.25, 0.3) is 11.0 Å². The predicted octanol–water partition coefficient (Wildman–Crippen LogP) is 1.46. The highest BCUT2D eigenvalue weighted by Crippen LogP contribution is 2.19. The van der Waals surface area contributed by atoms with Gasteiger partial charge in [-0.25, -0.2) is 4.98 Å². The van der Waals surface area contributed by atoms with Crippen LogP contribution in [0.1, 0.15) is 21.5 Å². The van der Waals surface area contributed by atoms with Gasteiger partial charge in [0.05, 0.1) is 29.9 Å². The molecule has 0 fully saturated rings. The zero-order valence-electron chi connectivity index (χ0n) is 14.1. The fourth-order valence-corrected chi connectivity index (χ4v) is 2.62. The molecule has 0 amide bonds. The van der Waals surface area contributed by atoms with Gasteiger partial charge in [-0.2, -0.15) is 0 Å². The first-order chi connectivity index (χ1) is 11.9. The summed E-state index contributed by atoms with van der Waals surface area (Å²) in [6, 6.07) is 9.98. The molecule has 0 aliphatic rings. The lowest BCUT2D eigenvalue weighted by Gasteiger charge is -2.14. The number of benzene rings is 2. The van der Waals surface area contributed by atoms with Crippen molar-refractivity contribution < 1.29 is 19.7 Å². The Balaban J connectivity index is 1.63. The first kappa shape index (κ1) is 17.0. The molecule has 130 valence electrons. The number of aliphatic hydroxyl groups is 1. The number of aromatic nitrogens is 2. The number of carbonyl (C=O) groups excluding carboxylic acids is 1. The largest absolute Gasteiger partial charge is 0.545 e. The van der Waals surface area contributed by atoms with Crippen molar-refractivity contribution >= 4 is 17.0 Å². The fraction of sp³-hybridized carbons (Fsp3) is 0.263. The van der Waals surface area contributed by atoms with Crippen LogP contribution in [0.2, 0.25) is 0 Å². The van der Waals surface area contributed by atoms with Crippen LogP contribution in [0, 0.1) is 13.8 Å². The molecular formula is C19H19N2O4-. The molecule has 0 aliphatic carbocycles. The zero-order chi connectivity index (χ0) is 18.0. The monoisotopic (exact) mass is 339 g/mol. The molecule has 1 heterocycles. The van der Waals surface area contributed by atoms with Crippen molar-refractivity contribution in [3.05, 3.63) is 59.4 Å². The number of carboxylic acids is 1. The van der Waals surface area contributed by atoms with Gasteiger partial charge in [0.25, 0.3) is 0 Å². The molecule has 1 N–H and O–H groups in total. The van der Waals surface area contributed by atoms with Crippen molar-refractivity contribution in [2.24, 2.45) is 0 Å². The predicted molar refractivity (Wildman–Crippen MR) is 91.5 cm³/mol. The summed E-state index contributed by atoms with van der Waals surface area (Å²) in [7, 11) is 0. The van der Waals surface area contributed by atoms with Crippen molar-refractivity contribution in [1.82, 2.24) is 9.55 Å². The van der Waals surface area contributed by atoms with Gasteiger partial charge < -0.3 is 24.3 Å². The summed E-state index contributed by atoms with van der Waals surface area (Å²) < 4.78 is 7.41. The Bertz CT molecular complexity index is 900. The van der Waals surface area contributed by atoms with Crippen molar-refractivity contribution in [2.45, 2.75) is 26.5 Å². The number of aryl methyl sites for hydroxylation is 2. The summed E-state index contributed by atoms with van der Waals surface area (Å²) in [4.78, 5) is 15.1. The number of nitrogens with zero attached hydrogens (tertiary/aromatic N) is 2. The molecule has 0 radical (unpaired) electrons. The Kier molecular flexibility index (Phi) is 4.72. The average molecular weight is 339 g/mol. The number of aromatic carboxylic acids is 1. The lowest BCUT2D eigenvalue weighted by molar-refractivity contribution is -0.255. The minimum Gasteiger partial charge on any atom is -0.545 e. The van der Waals surface area contributed by atoms with Gasteiger partial charge in [-0.05, 0) is 66.9 Å². The van der Waals surface area contributed by atoms with Crippen molar-refractivity contribution in [2.75, 3.05) is 6.61 Å². The topological polar surface area (TPSA) is 87.4 Å². The molecule has 6 nitrogen and oxygen atoms in total. The standard InChI is InChI=1S/C19H20N2O4/c1-12-7-17-18(8-13(12)2)21(11-20-17)9-15(22)10-25-16-5-3-14(4-6-16)19(23)24/h3-8,11,15,22H,9-10H2,1-2H3,(H,23,24)/p-1/t15-/m1/s1. The van der Waals surface area contributed by atoms with Crippen LogP contribution in [0.15, 0.2) is 42.7 Å². The number of hydrogen-bond acceptors (Lipinski definition) is 5. The molecule has 0 spiro atoms. The summed E-state index contributed by atoms with van der Waals surface area (Å²) in [5.41, 5.74) is 4.31. The van der Waals surface area contributed by atoms with Gasteiger partial charge in [-0.3, -0.25) is 0 Å². The van der Waals surface area contributed by atoms with Crippen molar-refractivity contribution in [3.63, 3.8) is 0 Å². The Hall–Kier alpha value is -2.86. The maximum Gasteiger partial charge on any atom is 0.119 e. The third-order valence-corrected chi connectivity index (χ3v) is 4.18. The minimum absolute atomic E-state index is 0.0865. The lowest BCUT2D eigenvalue weighted by atomic mass is 10.1. The first-order valence-electron chi connectivity index (χ1n) is 7.98. The highest BCUT2D eigenvalue weighted by Gasteiger charge is 2.11. The third kappa shape index (κ3) is 3.80. The lowest BCUT2D eigenvalue weighted by Crippen LogP contribution is -2.23. The maximum atomic E-state index is 10.7. The molecule has 6 heteroatoms. The minimum atomic E-state index is -1.23. The molecule has 1 atom stereocenters.